The molecule has 2 N–H and O–H groups in total. The molecule has 90 valence electrons. The van der Waals surface area contributed by atoms with Gasteiger partial charge in [-0.25, -0.2) is 0 Å². The molecule has 15 heavy (non-hydrogen) atoms. The van der Waals surface area contributed by atoms with Crippen LogP contribution in [-0.4, -0.2) is 38.3 Å². The second-order valence-corrected chi connectivity index (χ2v) is 4.37. The van der Waals surface area contributed by atoms with Crippen molar-refractivity contribution < 1.29 is 9.53 Å². The highest BCUT2D eigenvalue weighted by Crippen LogP contribution is 2.09. The molecule has 0 aliphatic carbocycles. The summed E-state index contributed by atoms with van der Waals surface area (Å²) in [7, 11) is 1.66. The van der Waals surface area contributed by atoms with Crippen LogP contribution in [-0.2, 0) is 9.53 Å². The van der Waals surface area contributed by atoms with E-state index in [-0.39, 0.29) is 29.8 Å². The average molecular weight is 237 g/mol. The third kappa shape index (κ3) is 4.82. The number of rotatable bonds is 4. The van der Waals surface area contributed by atoms with E-state index in [4.69, 9.17) is 4.74 Å². The number of ether oxygens (including phenoxy) is 1. The van der Waals surface area contributed by atoms with Crippen molar-refractivity contribution in [2.75, 3.05) is 26.7 Å². The molecule has 1 atom stereocenters. The fourth-order valence-electron chi connectivity index (χ4n) is 1.39. The van der Waals surface area contributed by atoms with E-state index >= 15 is 0 Å². The summed E-state index contributed by atoms with van der Waals surface area (Å²) in [5.41, 5.74) is -0.276. The van der Waals surface area contributed by atoms with Crippen molar-refractivity contribution in [1.82, 2.24) is 10.6 Å². The fourth-order valence-corrected chi connectivity index (χ4v) is 1.39. The van der Waals surface area contributed by atoms with Gasteiger partial charge in [0.1, 0.15) is 0 Å². The van der Waals surface area contributed by atoms with Crippen LogP contribution in [0.15, 0.2) is 0 Å². The Bertz CT molecular complexity index is 204. The van der Waals surface area contributed by atoms with E-state index in [9.17, 15) is 4.79 Å². The van der Waals surface area contributed by atoms with Gasteiger partial charge in [-0.05, 0) is 26.8 Å². The molecule has 0 spiro atoms. The molecular weight excluding hydrogens is 216 g/mol. The Hall–Kier alpha value is -0.320. The quantitative estimate of drug-likeness (QED) is 0.750. The lowest BCUT2D eigenvalue weighted by Crippen LogP contribution is -2.42. The standard InChI is InChI=1S/C10H20N2O2.ClH/c1-10(2,14-3)7-12-9(13)8-4-5-11-6-8;/h8,11H,4-7H2,1-3H3,(H,12,13);1H/t8-;/m1./s1. The molecule has 0 aromatic carbocycles. The van der Waals surface area contributed by atoms with Gasteiger partial charge in [-0.15, -0.1) is 12.4 Å². The van der Waals surface area contributed by atoms with E-state index in [2.05, 4.69) is 10.6 Å². The van der Waals surface area contributed by atoms with Gasteiger partial charge in [-0.3, -0.25) is 4.79 Å². The van der Waals surface area contributed by atoms with Crippen LogP contribution in [0.4, 0.5) is 0 Å². The second-order valence-electron chi connectivity index (χ2n) is 4.37. The molecule has 4 nitrogen and oxygen atoms in total. The van der Waals surface area contributed by atoms with Gasteiger partial charge in [-0.2, -0.15) is 0 Å². The molecule has 1 aliphatic rings. The van der Waals surface area contributed by atoms with Crippen molar-refractivity contribution in [3.8, 4) is 0 Å². The highest BCUT2D eigenvalue weighted by molar-refractivity contribution is 5.85. The number of nitrogens with one attached hydrogen (secondary N) is 2. The van der Waals surface area contributed by atoms with E-state index in [0.29, 0.717) is 6.54 Å². The summed E-state index contributed by atoms with van der Waals surface area (Å²) >= 11 is 0. The van der Waals surface area contributed by atoms with Crippen molar-refractivity contribution in [3.63, 3.8) is 0 Å². The molecule has 5 heteroatoms. The monoisotopic (exact) mass is 236 g/mol. The fraction of sp³-hybridized carbons (Fsp3) is 0.900. The SMILES string of the molecule is COC(C)(C)CNC(=O)[C@@H]1CCNC1.Cl. The first-order valence-electron chi connectivity index (χ1n) is 5.09. The maximum Gasteiger partial charge on any atom is 0.224 e. The van der Waals surface area contributed by atoms with Crippen LogP contribution in [0.5, 0.6) is 0 Å². The van der Waals surface area contributed by atoms with Crippen LogP contribution in [0.2, 0.25) is 0 Å². The van der Waals surface area contributed by atoms with Crippen LogP contribution in [0.3, 0.4) is 0 Å². The summed E-state index contributed by atoms with van der Waals surface area (Å²) in [5.74, 6) is 0.280. The summed E-state index contributed by atoms with van der Waals surface area (Å²) < 4.78 is 5.22. The molecule has 0 saturated carbocycles. The Morgan fingerprint density at radius 1 is 1.60 bits per heavy atom. The van der Waals surface area contributed by atoms with Crippen molar-refractivity contribution >= 4 is 18.3 Å². The minimum atomic E-state index is -0.276. The van der Waals surface area contributed by atoms with Gasteiger partial charge < -0.3 is 15.4 Å². The Morgan fingerprint density at radius 2 is 2.27 bits per heavy atom. The summed E-state index contributed by atoms with van der Waals surface area (Å²) in [4.78, 5) is 11.6. The summed E-state index contributed by atoms with van der Waals surface area (Å²) in [6.45, 7) is 6.24. The molecule has 0 radical (unpaired) electrons. The third-order valence-electron chi connectivity index (χ3n) is 2.67. The first-order chi connectivity index (χ1) is 6.55. The molecule has 0 unspecified atom stereocenters. The molecule has 0 aromatic rings. The lowest BCUT2D eigenvalue weighted by molar-refractivity contribution is -0.125. The highest BCUT2D eigenvalue weighted by atomic mass is 35.5. The van der Waals surface area contributed by atoms with Crippen LogP contribution >= 0.6 is 12.4 Å². The van der Waals surface area contributed by atoms with Gasteiger partial charge in [0.15, 0.2) is 0 Å². The third-order valence-corrected chi connectivity index (χ3v) is 2.67. The number of halogens is 1. The zero-order valence-corrected chi connectivity index (χ0v) is 10.4. The van der Waals surface area contributed by atoms with E-state index in [1.165, 1.54) is 0 Å². The van der Waals surface area contributed by atoms with Gasteiger partial charge in [0.25, 0.3) is 0 Å². The molecule has 1 amide bonds. The molecule has 1 heterocycles. The Labute approximate surface area is 97.5 Å². The van der Waals surface area contributed by atoms with E-state index in [0.717, 1.165) is 19.5 Å². The number of hydrogen-bond acceptors (Lipinski definition) is 3. The number of carbonyl (C=O) groups excluding carboxylic acids is 1. The molecule has 1 aliphatic heterocycles. The first kappa shape index (κ1) is 14.7. The van der Waals surface area contributed by atoms with Gasteiger partial charge in [-0.1, -0.05) is 0 Å². The average Bonchev–Trinajstić information content (AvgIpc) is 2.67. The largest absolute Gasteiger partial charge is 0.377 e. The molecule has 1 saturated heterocycles. The Morgan fingerprint density at radius 3 is 2.73 bits per heavy atom. The summed E-state index contributed by atoms with van der Waals surface area (Å²) in [5, 5.41) is 6.08. The number of carbonyl (C=O) groups is 1. The van der Waals surface area contributed by atoms with Gasteiger partial charge in [0.05, 0.1) is 11.5 Å². The zero-order chi connectivity index (χ0) is 10.6. The predicted molar refractivity (Wildman–Crippen MR) is 62.3 cm³/mol. The Kier molecular flexibility index (Phi) is 6.17. The predicted octanol–water partition coefficient (Wildman–Crippen LogP) is 0.559. The van der Waals surface area contributed by atoms with Gasteiger partial charge >= 0.3 is 0 Å². The molecular formula is C10H21ClN2O2. The normalized spacial score (nSPS) is 20.9. The smallest absolute Gasteiger partial charge is 0.224 e. The van der Waals surface area contributed by atoms with Crippen molar-refractivity contribution in [2.24, 2.45) is 5.92 Å². The van der Waals surface area contributed by atoms with Crippen LogP contribution in [0.1, 0.15) is 20.3 Å². The number of amides is 1. The van der Waals surface area contributed by atoms with E-state index < -0.39 is 0 Å². The summed E-state index contributed by atoms with van der Waals surface area (Å²) in [6, 6.07) is 0. The Balaban J connectivity index is 0.00000196. The van der Waals surface area contributed by atoms with E-state index in [1.54, 1.807) is 7.11 Å². The maximum atomic E-state index is 11.6. The molecule has 0 bridgehead atoms. The maximum absolute atomic E-state index is 11.6. The van der Waals surface area contributed by atoms with Gasteiger partial charge in [0, 0.05) is 20.2 Å². The first-order valence-corrected chi connectivity index (χ1v) is 5.09. The van der Waals surface area contributed by atoms with Crippen LogP contribution in [0.25, 0.3) is 0 Å². The number of methoxy groups -OCH3 is 1. The van der Waals surface area contributed by atoms with Crippen molar-refractivity contribution in [2.45, 2.75) is 25.9 Å². The number of hydrogen-bond donors (Lipinski definition) is 2. The second kappa shape index (κ2) is 6.30. The summed E-state index contributed by atoms with van der Waals surface area (Å²) in [6.07, 6.45) is 0.944. The minimum Gasteiger partial charge on any atom is -0.377 e. The van der Waals surface area contributed by atoms with Crippen LogP contribution in [0, 0.1) is 5.92 Å². The zero-order valence-electron chi connectivity index (χ0n) is 9.63. The lowest BCUT2D eigenvalue weighted by Gasteiger charge is -2.23. The highest BCUT2D eigenvalue weighted by Gasteiger charge is 2.24. The lowest BCUT2D eigenvalue weighted by atomic mass is 10.1. The van der Waals surface area contributed by atoms with Crippen LogP contribution < -0.4 is 10.6 Å². The van der Waals surface area contributed by atoms with Crippen molar-refractivity contribution in [1.29, 1.82) is 0 Å². The molecule has 1 rings (SSSR count). The van der Waals surface area contributed by atoms with Crippen molar-refractivity contribution in [3.05, 3.63) is 0 Å². The van der Waals surface area contributed by atoms with E-state index in [1.807, 2.05) is 13.8 Å². The molecule has 0 aromatic heterocycles. The minimum absolute atomic E-state index is 0. The van der Waals surface area contributed by atoms with Gasteiger partial charge in [0.2, 0.25) is 5.91 Å². The topological polar surface area (TPSA) is 50.4 Å². The molecule has 1 fully saturated rings.